The Hall–Kier alpha value is -0.140. The van der Waals surface area contributed by atoms with Crippen LogP contribution in [-0.4, -0.2) is 46.5 Å². The summed E-state index contributed by atoms with van der Waals surface area (Å²) in [5.74, 6) is 0.0968. The Kier molecular flexibility index (Phi) is 8.05. The Morgan fingerprint density at radius 3 is 2.78 bits per heavy atom. The maximum atomic E-state index is 11.7. The molecule has 0 aromatic rings. The van der Waals surface area contributed by atoms with Gasteiger partial charge in [0.1, 0.15) is 0 Å². The predicted molar refractivity (Wildman–Crippen MR) is 75.7 cm³/mol. The smallest absolute Gasteiger partial charge is 0.211 e. The van der Waals surface area contributed by atoms with Crippen molar-refractivity contribution in [1.82, 2.24) is 10.0 Å². The second-order valence-corrected chi connectivity index (χ2v) is 6.39. The second-order valence-electron chi connectivity index (χ2n) is 4.46. The number of hydrogen-bond acceptors (Lipinski definition) is 4. The van der Waals surface area contributed by atoms with Crippen LogP contribution in [0.3, 0.4) is 0 Å². The van der Waals surface area contributed by atoms with E-state index in [1.165, 1.54) is 0 Å². The zero-order chi connectivity index (χ0) is 12.8. The molecule has 0 bridgehead atoms. The van der Waals surface area contributed by atoms with Crippen LogP contribution in [0.4, 0.5) is 0 Å². The molecule has 1 saturated heterocycles. The summed E-state index contributed by atoms with van der Waals surface area (Å²) in [5.41, 5.74) is -0.240. The Labute approximate surface area is 116 Å². The first-order chi connectivity index (χ1) is 8.04. The van der Waals surface area contributed by atoms with E-state index in [2.05, 4.69) is 16.6 Å². The summed E-state index contributed by atoms with van der Waals surface area (Å²) in [5, 5.41) is 3.33. The highest BCUT2D eigenvalue weighted by Gasteiger charge is 2.34. The van der Waals surface area contributed by atoms with Gasteiger partial charge >= 0.3 is 0 Å². The molecule has 0 amide bonds. The molecule has 2 N–H and O–H groups in total. The van der Waals surface area contributed by atoms with Gasteiger partial charge in [-0.25, -0.2) is 13.1 Å². The predicted octanol–water partition coefficient (Wildman–Crippen LogP) is 0.672. The van der Waals surface area contributed by atoms with Crippen LogP contribution >= 0.6 is 12.4 Å². The maximum absolute atomic E-state index is 11.7. The molecule has 0 aromatic carbocycles. The van der Waals surface area contributed by atoms with E-state index in [4.69, 9.17) is 4.74 Å². The highest BCUT2D eigenvalue weighted by atomic mass is 35.5. The molecule has 7 heteroatoms. The number of methoxy groups -OCH3 is 1. The first-order valence-corrected chi connectivity index (χ1v) is 7.51. The topological polar surface area (TPSA) is 67.4 Å². The SMILES string of the molecule is C=CCCS(=O)(=O)NCC1(COC)CCCN1.Cl. The molecule has 1 unspecified atom stereocenters. The van der Waals surface area contributed by atoms with Gasteiger partial charge in [0.05, 0.1) is 17.9 Å². The van der Waals surface area contributed by atoms with Crippen LogP contribution in [0.25, 0.3) is 0 Å². The molecule has 1 rings (SSSR count). The molecular weight excluding hydrogens is 276 g/mol. The molecule has 5 nitrogen and oxygen atoms in total. The van der Waals surface area contributed by atoms with Gasteiger partial charge in [0, 0.05) is 13.7 Å². The van der Waals surface area contributed by atoms with E-state index in [0.717, 1.165) is 19.4 Å². The van der Waals surface area contributed by atoms with Gasteiger partial charge < -0.3 is 10.1 Å². The van der Waals surface area contributed by atoms with E-state index in [1.807, 2.05) is 0 Å². The minimum Gasteiger partial charge on any atom is -0.383 e. The molecule has 1 heterocycles. The molecule has 0 aromatic heterocycles. The van der Waals surface area contributed by atoms with Gasteiger partial charge in [-0.1, -0.05) is 6.08 Å². The van der Waals surface area contributed by atoms with Crippen LogP contribution in [0, 0.1) is 0 Å². The minimum absolute atomic E-state index is 0. The van der Waals surface area contributed by atoms with Gasteiger partial charge in [-0.05, 0) is 25.8 Å². The first-order valence-electron chi connectivity index (χ1n) is 5.86. The summed E-state index contributed by atoms with van der Waals surface area (Å²) in [6.07, 6.45) is 4.07. The zero-order valence-corrected chi connectivity index (χ0v) is 12.4. The van der Waals surface area contributed by atoms with Crippen LogP contribution < -0.4 is 10.0 Å². The van der Waals surface area contributed by atoms with Gasteiger partial charge in [0.25, 0.3) is 0 Å². The van der Waals surface area contributed by atoms with Crippen molar-refractivity contribution < 1.29 is 13.2 Å². The largest absolute Gasteiger partial charge is 0.383 e. The second kappa shape index (κ2) is 8.12. The summed E-state index contributed by atoms with van der Waals surface area (Å²) >= 11 is 0. The number of hydrogen-bond donors (Lipinski definition) is 2. The lowest BCUT2D eigenvalue weighted by atomic mass is 9.99. The van der Waals surface area contributed by atoms with Crippen molar-refractivity contribution in [2.24, 2.45) is 0 Å². The van der Waals surface area contributed by atoms with E-state index in [1.54, 1.807) is 13.2 Å². The average Bonchev–Trinajstić information content (AvgIpc) is 2.74. The lowest BCUT2D eigenvalue weighted by molar-refractivity contribution is 0.122. The van der Waals surface area contributed by atoms with Gasteiger partial charge in [0.15, 0.2) is 0 Å². The Balaban J connectivity index is 0.00000289. The zero-order valence-electron chi connectivity index (χ0n) is 10.8. The van der Waals surface area contributed by atoms with Crippen LogP contribution in [-0.2, 0) is 14.8 Å². The van der Waals surface area contributed by atoms with Crippen molar-refractivity contribution in [3.05, 3.63) is 12.7 Å². The molecule has 0 spiro atoms. The summed E-state index contributed by atoms with van der Waals surface area (Å²) in [6, 6.07) is 0. The molecule has 0 radical (unpaired) electrons. The van der Waals surface area contributed by atoms with E-state index < -0.39 is 10.0 Å². The number of rotatable bonds is 8. The quantitative estimate of drug-likeness (QED) is 0.647. The molecule has 0 saturated carbocycles. The lowest BCUT2D eigenvalue weighted by Crippen LogP contribution is -2.53. The van der Waals surface area contributed by atoms with Gasteiger partial charge in [-0.15, -0.1) is 19.0 Å². The van der Waals surface area contributed by atoms with Crippen molar-refractivity contribution in [3.63, 3.8) is 0 Å². The number of allylic oxidation sites excluding steroid dienone is 1. The molecule has 108 valence electrons. The normalized spacial score (nSPS) is 23.6. The monoisotopic (exact) mass is 298 g/mol. The lowest BCUT2D eigenvalue weighted by Gasteiger charge is -2.28. The number of nitrogens with one attached hydrogen (secondary N) is 2. The molecule has 1 atom stereocenters. The maximum Gasteiger partial charge on any atom is 0.211 e. The fourth-order valence-corrected chi connectivity index (χ4v) is 3.15. The number of ether oxygens (including phenoxy) is 1. The van der Waals surface area contributed by atoms with Crippen molar-refractivity contribution in [2.45, 2.75) is 24.8 Å². The first kappa shape index (κ1) is 17.9. The van der Waals surface area contributed by atoms with Crippen LogP contribution in [0.15, 0.2) is 12.7 Å². The fraction of sp³-hybridized carbons (Fsp3) is 0.818. The third-order valence-corrected chi connectivity index (χ3v) is 4.33. The number of sulfonamides is 1. The Morgan fingerprint density at radius 2 is 2.28 bits per heavy atom. The molecule has 18 heavy (non-hydrogen) atoms. The van der Waals surface area contributed by atoms with E-state index >= 15 is 0 Å². The average molecular weight is 299 g/mol. The molecule has 1 fully saturated rings. The summed E-state index contributed by atoms with van der Waals surface area (Å²) < 4.78 is 31.1. The molecule has 0 aliphatic carbocycles. The van der Waals surface area contributed by atoms with Crippen LogP contribution in [0.2, 0.25) is 0 Å². The van der Waals surface area contributed by atoms with Crippen LogP contribution in [0.5, 0.6) is 0 Å². The highest BCUT2D eigenvalue weighted by Crippen LogP contribution is 2.19. The van der Waals surface area contributed by atoms with Crippen molar-refractivity contribution in [2.75, 3.05) is 32.6 Å². The van der Waals surface area contributed by atoms with Gasteiger partial charge in [-0.2, -0.15) is 0 Å². The summed E-state index contributed by atoms with van der Waals surface area (Å²) in [6.45, 7) is 5.35. The van der Waals surface area contributed by atoms with Crippen molar-refractivity contribution in [3.8, 4) is 0 Å². The Morgan fingerprint density at radius 1 is 1.56 bits per heavy atom. The molecular formula is C11H23ClN2O3S. The van der Waals surface area contributed by atoms with E-state index in [0.29, 0.717) is 19.6 Å². The standard InChI is InChI=1S/C11H22N2O3S.ClH/c1-3-4-8-17(14,15)13-9-11(10-16-2)6-5-7-12-11;/h3,12-13H,1,4-10H2,2H3;1H. The van der Waals surface area contributed by atoms with Crippen molar-refractivity contribution in [1.29, 1.82) is 0 Å². The molecule has 1 aliphatic rings. The molecule has 1 aliphatic heterocycles. The van der Waals surface area contributed by atoms with Crippen molar-refractivity contribution >= 4 is 22.4 Å². The third-order valence-electron chi connectivity index (χ3n) is 2.97. The highest BCUT2D eigenvalue weighted by molar-refractivity contribution is 7.89. The summed E-state index contributed by atoms with van der Waals surface area (Å²) in [4.78, 5) is 0. The number of halogens is 1. The Bertz CT molecular complexity index is 340. The van der Waals surface area contributed by atoms with Crippen LogP contribution in [0.1, 0.15) is 19.3 Å². The fourth-order valence-electron chi connectivity index (χ4n) is 2.03. The van der Waals surface area contributed by atoms with E-state index in [9.17, 15) is 8.42 Å². The van der Waals surface area contributed by atoms with Gasteiger partial charge in [0.2, 0.25) is 10.0 Å². The minimum atomic E-state index is -3.20. The summed E-state index contributed by atoms with van der Waals surface area (Å²) in [7, 11) is -1.57. The van der Waals surface area contributed by atoms with Gasteiger partial charge in [-0.3, -0.25) is 0 Å². The van der Waals surface area contributed by atoms with E-state index in [-0.39, 0.29) is 23.7 Å². The third kappa shape index (κ3) is 5.67.